The standard InChI is InChI=1S/C6H10N4O2/c1-4-3-10(7-2)6(11)8-5(4)9-12/h3,7,12H,1-2H3,(H,8,9,11). The van der Waals surface area contributed by atoms with E-state index in [9.17, 15) is 4.79 Å². The second kappa shape index (κ2) is 3.22. The van der Waals surface area contributed by atoms with Gasteiger partial charge in [0.25, 0.3) is 0 Å². The third kappa shape index (κ3) is 1.37. The van der Waals surface area contributed by atoms with Crippen molar-refractivity contribution in [1.29, 1.82) is 0 Å². The Kier molecular flexibility index (Phi) is 2.29. The van der Waals surface area contributed by atoms with Crippen molar-refractivity contribution in [1.82, 2.24) is 9.66 Å². The predicted molar refractivity (Wildman–Crippen MR) is 43.9 cm³/mol. The Morgan fingerprint density at radius 3 is 2.83 bits per heavy atom. The molecular weight excluding hydrogens is 160 g/mol. The minimum Gasteiger partial charge on any atom is -0.325 e. The molecule has 0 spiro atoms. The molecule has 66 valence electrons. The molecule has 0 saturated carbocycles. The first-order chi connectivity index (χ1) is 5.69. The van der Waals surface area contributed by atoms with Crippen LogP contribution in [0.1, 0.15) is 5.56 Å². The first-order valence-electron chi connectivity index (χ1n) is 3.37. The van der Waals surface area contributed by atoms with E-state index in [1.807, 2.05) is 5.48 Å². The van der Waals surface area contributed by atoms with Gasteiger partial charge in [-0.2, -0.15) is 4.98 Å². The van der Waals surface area contributed by atoms with Gasteiger partial charge in [-0.25, -0.2) is 9.47 Å². The zero-order valence-electron chi connectivity index (χ0n) is 6.83. The second-order valence-corrected chi connectivity index (χ2v) is 2.26. The number of nitrogens with one attached hydrogen (secondary N) is 2. The van der Waals surface area contributed by atoms with Gasteiger partial charge in [0.2, 0.25) is 0 Å². The average molecular weight is 170 g/mol. The molecule has 0 radical (unpaired) electrons. The van der Waals surface area contributed by atoms with Crippen LogP contribution in [0.15, 0.2) is 11.0 Å². The molecule has 0 fully saturated rings. The van der Waals surface area contributed by atoms with E-state index in [1.54, 1.807) is 14.0 Å². The molecule has 3 N–H and O–H groups in total. The number of nitrogens with zero attached hydrogens (tertiary/aromatic N) is 2. The minimum atomic E-state index is -0.473. The number of hydrogen-bond acceptors (Lipinski definition) is 5. The molecule has 1 aromatic rings. The van der Waals surface area contributed by atoms with Gasteiger partial charge in [0.15, 0.2) is 5.82 Å². The highest BCUT2D eigenvalue weighted by Crippen LogP contribution is 2.04. The summed E-state index contributed by atoms with van der Waals surface area (Å²) in [5.74, 6) is 0.173. The monoisotopic (exact) mass is 170 g/mol. The van der Waals surface area contributed by atoms with E-state index in [-0.39, 0.29) is 5.82 Å². The Labute approximate surface area is 68.8 Å². The van der Waals surface area contributed by atoms with Crippen molar-refractivity contribution in [3.8, 4) is 0 Å². The highest BCUT2D eigenvalue weighted by molar-refractivity contribution is 5.38. The van der Waals surface area contributed by atoms with Gasteiger partial charge in [-0.05, 0) is 6.92 Å². The molecule has 0 unspecified atom stereocenters. The van der Waals surface area contributed by atoms with Gasteiger partial charge in [-0.3, -0.25) is 10.7 Å². The lowest BCUT2D eigenvalue weighted by Gasteiger charge is -2.06. The number of aromatic nitrogens is 2. The Morgan fingerprint density at radius 1 is 1.67 bits per heavy atom. The summed E-state index contributed by atoms with van der Waals surface area (Å²) in [6.07, 6.45) is 1.54. The van der Waals surface area contributed by atoms with Crippen molar-refractivity contribution in [2.24, 2.45) is 0 Å². The maximum absolute atomic E-state index is 11.0. The third-order valence-electron chi connectivity index (χ3n) is 1.46. The number of anilines is 1. The fourth-order valence-corrected chi connectivity index (χ4v) is 0.821. The van der Waals surface area contributed by atoms with Crippen LogP contribution in [0.2, 0.25) is 0 Å². The number of hydrogen-bond donors (Lipinski definition) is 3. The molecule has 6 heteroatoms. The smallest absolute Gasteiger partial charge is 0.325 e. The molecule has 0 aliphatic rings. The van der Waals surface area contributed by atoms with Gasteiger partial charge in [0, 0.05) is 18.8 Å². The van der Waals surface area contributed by atoms with Crippen molar-refractivity contribution in [3.05, 3.63) is 22.2 Å². The molecule has 1 heterocycles. The Morgan fingerprint density at radius 2 is 2.33 bits per heavy atom. The van der Waals surface area contributed by atoms with Gasteiger partial charge >= 0.3 is 5.69 Å². The van der Waals surface area contributed by atoms with Gasteiger partial charge in [0.05, 0.1) is 0 Å². The Hall–Kier alpha value is -1.56. The molecule has 1 aromatic heterocycles. The summed E-state index contributed by atoms with van der Waals surface area (Å²) in [5, 5.41) is 8.53. The van der Waals surface area contributed by atoms with Crippen molar-refractivity contribution in [2.75, 3.05) is 18.0 Å². The van der Waals surface area contributed by atoms with Crippen LogP contribution in [0.5, 0.6) is 0 Å². The maximum atomic E-state index is 11.0. The summed E-state index contributed by atoms with van der Waals surface area (Å²) in [6, 6.07) is 0. The highest BCUT2D eigenvalue weighted by Gasteiger charge is 2.01. The summed E-state index contributed by atoms with van der Waals surface area (Å²) in [5.41, 5.74) is 4.65. The van der Waals surface area contributed by atoms with Gasteiger partial charge in [-0.15, -0.1) is 0 Å². The molecule has 0 saturated heterocycles. The molecule has 0 aliphatic carbocycles. The van der Waals surface area contributed by atoms with E-state index >= 15 is 0 Å². The Balaban J connectivity index is 3.26. The van der Waals surface area contributed by atoms with Crippen LogP contribution < -0.4 is 16.6 Å². The molecule has 0 bridgehead atoms. The normalized spacial score (nSPS) is 9.58. The van der Waals surface area contributed by atoms with Crippen molar-refractivity contribution >= 4 is 5.82 Å². The van der Waals surface area contributed by atoms with Gasteiger partial charge in [-0.1, -0.05) is 0 Å². The van der Waals surface area contributed by atoms with Gasteiger partial charge < -0.3 is 5.43 Å². The zero-order valence-corrected chi connectivity index (χ0v) is 6.83. The zero-order chi connectivity index (χ0) is 9.14. The van der Waals surface area contributed by atoms with E-state index in [0.717, 1.165) is 0 Å². The Bertz CT molecular complexity index is 333. The van der Waals surface area contributed by atoms with Gasteiger partial charge in [0.1, 0.15) is 0 Å². The average Bonchev–Trinajstić information content (AvgIpc) is 2.08. The van der Waals surface area contributed by atoms with E-state index in [1.165, 1.54) is 10.9 Å². The molecule has 0 atom stereocenters. The van der Waals surface area contributed by atoms with Crippen LogP contribution in [0, 0.1) is 6.92 Å². The largest absolute Gasteiger partial charge is 0.368 e. The van der Waals surface area contributed by atoms with Crippen molar-refractivity contribution in [3.63, 3.8) is 0 Å². The highest BCUT2D eigenvalue weighted by atomic mass is 16.5. The van der Waals surface area contributed by atoms with Crippen molar-refractivity contribution in [2.45, 2.75) is 6.92 Å². The summed E-state index contributed by atoms with van der Waals surface area (Å²) in [4.78, 5) is 14.6. The van der Waals surface area contributed by atoms with Crippen LogP contribution >= 0.6 is 0 Å². The molecule has 0 aliphatic heterocycles. The number of rotatable bonds is 2. The minimum absolute atomic E-state index is 0.173. The van der Waals surface area contributed by atoms with Crippen LogP contribution in [-0.4, -0.2) is 21.9 Å². The second-order valence-electron chi connectivity index (χ2n) is 2.26. The molecule has 0 amide bonds. The van der Waals surface area contributed by atoms with E-state index in [4.69, 9.17) is 5.21 Å². The third-order valence-corrected chi connectivity index (χ3v) is 1.46. The topological polar surface area (TPSA) is 79.2 Å². The first kappa shape index (κ1) is 8.54. The molecule has 12 heavy (non-hydrogen) atoms. The fourth-order valence-electron chi connectivity index (χ4n) is 0.821. The summed E-state index contributed by atoms with van der Waals surface area (Å²) >= 11 is 0. The SMILES string of the molecule is CNn1cc(C)c(NO)nc1=O. The molecular formula is C6H10N4O2. The fraction of sp³-hybridized carbons (Fsp3) is 0.333. The van der Waals surface area contributed by atoms with Crippen LogP contribution in [0.3, 0.4) is 0 Å². The lowest BCUT2D eigenvalue weighted by molar-refractivity contribution is 0.384. The van der Waals surface area contributed by atoms with E-state index < -0.39 is 5.69 Å². The van der Waals surface area contributed by atoms with Crippen LogP contribution in [0.4, 0.5) is 5.82 Å². The molecule has 6 nitrogen and oxygen atoms in total. The predicted octanol–water partition coefficient (Wildman–Crippen LogP) is -0.474. The summed E-state index contributed by atoms with van der Waals surface area (Å²) in [7, 11) is 1.61. The van der Waals surface area contributed by atoms with Crippen LogP contribution in [-0.2, 0) is 0 Å². The van der Waals surface area contributed by atoms with E-state index in [2.05, 4.69) is 10.4 Å². The lowest BCUT2D eigenvalue weighted by Crippen LogP contribution is -2.29. The van der Waals surface area contributed by atoms with Crippen LogP contribution in [0.25, 0.3) is 0 Å². The number of aryl methyl sites for hydroxylation is 1. The summed E-state index contributed by atoms with van der Waals surface area (Å²) < 4.78 is 1.22. The molecule has 0 aromatic carbocycles. The quantitative estimate of drug-likeness (QED) is 0.523. The summed E-state index contributed by atoms with van der Waals surface area (Å²) in [6.45, 7) is 1.72. The van der Waals surface area contributed by atoms with Crippen molar-refractivity contribution < 1.29 is 5.21 Å². The van der Waals surface area contributed by atoms with E-state index in [0.29, 0.717) is 5.56 Å². The maximum Gasteiger partial charge on any atom is 0.368 e. The lowest BCUT2D eigenvalue weighted by atomic mass is 10.3. The first-order valence-corrected chi connectivity index (χ1v) is 3.37. The molecule has 1 rings (SSSR count).